The molecular weight excluding hydrogens is 470 g/mol. The molecule has 0 rings (SSSR count). The van der Waals surface area contributed by atoms with Crippen molar-refractivity contribution in [1.82, 2.24) is 0 Å². The maximum atomic E-state index is 6.87. The van der Waals surface area contributed by atoms with Crippen LogP contribution in [0.4, 0.5) is 0 Å². The molecule has 39 heavy (non-hydrogen) atoms. The van der Waals surface area contributed by atoms with Crippen molar-refractivity contribution in [3.8, 4) is 0 Å². The molecule has 0 aromatic heterocycles. The summed E-state index contributed by atoms with van der Waals surface area (Å²) in [4.78, 5) is 0. The Balaban J connectivity index is 4.04. The summed E-state index contributed by atoms with van der Waals surface area (Å²) in [7, 11) is 0. The molecular formula is C38H79N. The number of hydrogen-bond acceptors (Lipinski definition) is 1. The summed E-state index contributed by atoms with van der Waals surface area (Å²) in [5.41, 5.74) is 6.87. The van der Waals surface area contributed by atoms with Crippen LogP contribution >= 0.6 is 0 Å². The van der Waals surface area contributed by atoms with Gasteiger partial charge in [-0.3, -0.25) is 0 Å². The van der Waals surface area contributed by atoms with Gasteiger partial charge in [0, 0.05) is 6.04 Å². The molecule has 0 heterocycles. The number of nitrogens with two attached hydrogens (primary N) is 1. The normalized spacial score (nSPS) is 12.5. The van der Waals surface area contributed by atoms with Gasteiger partial charge >= 0.3 is 0 Å². The molecule has 1 atom stereocenters. The third-order valence-corrected chi connectivity index (χ3v) is 9.35. The first-order chi connectivity index (χ1) is 19.3. The molecule has 1 nitrogen and oxygen atoms in total. The Hall–Kier alpha value is -0.0400. The molecule has 1 unspecified atom stereocenters. The fourth-order valence-electron chi connectivity index (χ4n) is 6.46. The summed E-state index contributed by atoms with van der Waals surface area (Å²) in [6.07, 6.45) is 47.1. The van der Waals surface area contributed by atoms with E-state index in [0.717, 1.165) is 5.92 Å². The van der Waals surface area contributed by atoms with Crippen molar-refractivity contribution in [3.63, 3.8) is 0 Å². The summed E-state index contributed by atoms with van der Waals surface area (Å²) in [5, 5.41) is 0. The fraction of sp³-hybridized carbons (Fsp3) is 1.00. The van der Waals surface area contributed by atoms with Crippen LogP contribution in [0.3, 0.4) is 0 Å². The molecule has 2 N–H and O–H groups in total. The smallest absolute Gasteiger partial charge is 0.00671 e. The monoisotopic (exact) mass is 550 g/mol. The second-order valence-electron chi connectivity index (χ2n) is 13.3. The van der Waals surface area contributed by atoms with E-state index in [0.29, 0.717) is 6.04 Å². The van der Waals surface area contributed by atoms with Crippen LogP contribution in [0.15, 0.2) is 0 Å². The number of rotatable bonds is 34. The molecule has 236 valence electrons. The molecule has 0 fully saturated rings. The Kier molecular flexibility index (Phi) is 34.1. The Morgan fingerprint density at radius 1 is 0.282 bits per heavy atom. The lowest BCUT2D eigenvalue weighted by Gasteiger charge is -2.24. The predicted octanol–water partition coefficient (Wildman–Crippen LogP) is 13.9. The minimum Gasteiger partial charge on any atom is -0.327 e. The predicted molar refractivity (Wildman–Crippen MR) is 181 cm³/mol. The molecule has 1 heteroatoms. The summed E-state index contributed by atoms with van der Waals surface area (Å²) in [6.45, 7) is 6.93. The number of unbranched alkanes of at least 4 members (excludes halogenated alkanes) is 27. The van der Waals surface area contributed by atoms with Gasteiger partial charge in [0.1, 0.15) is 0 Å². The quantitative estimate of drug-likeness (QED) is 0.0793. The molecule has 0 radical (unpaired) electrons. The first kappa shape index (κ1) is 39.0. The van der Waals surface area contributed by atoms with Crippen LogP contribution in [0.25, 0.3) is 0 Å². The van der Waals surface area contributed by atoms with E-state index >= 15 is 0 Å². The van der Waals surface area contributed by atoms with E-state index in [1.807, 2.05) is 0 Å². The minimum absolute atomic E-state index is 0.455. The standard InChI is InChI=1S/C38H79N/c1-4-7-10-13-16-19-22-25-28-31-34-37(35-32-29-26-23-20-17-14-11-8-5-2)38(39)36-33-30-27-24-21-18-15-12-9-6-3/h37-38H,4-36,39H2,1-3H3. The van der Waals surface area contributed by atoms with Gasteiger partial charge in [-0.2, -0.15) is 0 Å². The van der Waals surface area contributed by atoms with E-state index in [1.165, 1.54) is 212 Å². The van der Waals surface area contributed by atoms with Crippen molar-refractivity contribution in [3.05, 3.63) is 0 Å². The van der Waals surface area contributed by atoms with Crippen LogP contribution in [-0.2, 0) is 0 Å². The first-order valence-electron chi connectivity index (χ1n) is 19.0. The third-order valence-electron chi connectivity index (χ3n) is 9.35. The maximum Gasteiger partial charge on any atom is 0.00671 e. The highest BCUT2D eigenvalue weighted by atomic mass is 14.6. The van der Waals surface area contributed by atoms with Gasteiger partial charge in [0.2, 0.25) is 0 Å². The van der Waals surface area contributed by atoms with Gasteiger partial charge in [-0.25, -0.2) is 0 Å². The van der Waals surface area contributed by atoms with Gasteiger partial charge in [0.25, 0.3) is 0 Å². The van der Waals surface area contributed by atoms with Gasteiger partial charge in [-0.1, -0.05) is 213 Å². The molecule has 0 saturated carbocycles. The molecule has 0 aliphatic heterocycles. The van der Waals surface area contributed by atoms with Crippen LogP contribution in [0.2, 0.25) is 0 Å². The SMILES string of the molecule is CCCCCCCCCCCCC(N)C(CCCCCCCCCCCC)CCCCCCCCCCCC. The van der Waals surface area contributed by atoms with Gasteiger partial charge in [-0.15, -0.1) is 0 Å². The zero-order valence-electron chi connectivity index (χ0n) is 28.1. The molecule has 0 aliphatic carbocycles. The highest BCUT2D eigenvalue weighted by molar-refractivity contribution is 4.74. The maximum absolute atomic E-state index is 6.87. The zero-order valence-corrected chi connectivity index (χ0v) is 28.1. The lowest BCUT2D eigenvalue weighted by molar-refractivity contribution is 0.321. The Morgan fingerprint density at radius 2 is 0.487 bits per heavy atom. The molecule has 0 saturated heterocycles. The van der Waals surface area contributed by atoms with Gasteiger partial charge in [0.05, 0.1) is 0 Å². The van der Waals surface area contributed by atoms with E-state index in [9.17, 15) is 0 Å². The molecule has 0 aliphatic rings. The second-order valence-corrected chi connectivity index (χ2v) is 13.3. The van der Waals surface area contributed by atoms with Gasteiger partial charge in [0.15, 0.2) is 0 Å². The summed E-state index contributed by atoms with van der Waals surface area (Å²) in [5.74, 6) is 0.784. The van der Waals surface area contributed by atoms with Crippen LogP contribution in [0.1, 0.15) is 233 Å². The summed E-state index contributed by atoms with van der Waals surface area (Å²) in [6, 6.07) is 0.455. The Bertz CT molecular complexity index is 395. The van der Waals surface area contributed by atoms with Crippen molar-refractivity contribution in [2.75, 3.05) is 0 Å². The van der Waals surface area contributed by atoms with Crippen LogP contribution in [-0.4, -0.2) is 6.04 Å². The minimum atomic E-state index is 0.455. The highest BCUT2D eigenvalue weighted by Gasteiger charge is 2.17. The second kappa shape index (κ2) is 34.2. The molecule has 0 amide bonds. The van der Waals surface area contributed by atoms with Crippen LogP contribution in [0.5, 0.6) is 0 Å². The lowest BCUT2D eigenvalue weighted by Crippen LogP contribution is -2.30. The van der Waals surface area contributed by atoms with Gasteiger partial charge in [-0.05, 0) is 25.2 Å². The topological polar surface area (TPSA) is 26.0 Å². The average Bonchev–Trinajstić information content (AvgIpc) is 2.94. The van der Waals surface area contributed by atoms with E-state index in [2.05, 4.69) is 20.8 Å². The highest BCUT2D eigenvalue weighted by Crippen LogP contribution is 2.25. The van der Waals surface area contributed by atoms with Gasteiger partial charge < -0.3 is 5.73 Å². The number of hydrogen-bond donors (Lipinski definition) is 1. The lowest BCUT2D eigenvalue weighted by atomic mass is 9.86. The van der Waals surface area contributed by atoms with Crippen molar-refractivity contribution in [1.29, 1.82) is 0 Å². The van der Waals surface area contributed by atoms with Crippen molar-refractivity contribution in [2.24, 2.45) is 11.7 Å². The molecule has 0 aromatic carbocycles. The Morgan fingerprint density at radius 3 is 0.744 bits per heavy atom. The van der Waals surface area contributed by atoms with Crippen LogP contribution in [0, 0.1) is 5.92 Å². The first-order valence-corrected chi connectivity index (χ1v) is 19.0. The molecule has 0 aromatic rings. The van der Waals surface area contributed by atoms with E-state index in [-0.39, 0.29) is 0 Å². The van der Waals surface area contributed by atoms with E-state index in [1.54, 1.807) is 0 Å². The largest absolute Gasteiger partial charge is 0.327 e. The molecule has 0 spiro atoms. The average molecular weight is 550 g/mol. The van der Waals surface area contributed by atoms with E-state index in [4.69, 9.17) is 5.73 Å². The van der Waals surface area contributed by atoms with Crippen molar-refractivity contribution >= 4 is 0 Å². The zero-order chi connectivity index (χ0) is 28.5. The summed E-state index contributed by atoms with van der Waals surface area (Å²) < 4.78 is 0. The van der Waals surface area contributed by atoms with Crippen molar-refractivity contribution < 1.29 is 0 Å². The van der Waals surface area contributed by atoms with Crippen molar-refractivity contribution in [2.45, 2.75) is 239 Å². The summed E-state index contributed by atoms with van der Waals surface area (Å²) >= 11 is 0. The molecule has 0 bridgehead atoms. The third kappa shape index (κ3) is 30.7. The fourth-order valence-corrected chi connectivity index (χ4v) is 6.46. The van der Waals surface area contributed by atoms with Crippen LogP contribution < -0.4 is 5.73 Å². The Labute approximate surface area is 250 Å². The van der Waals surface area contributed by atoms with E-state index < -0.39 is 0 Å².